The minimum atomic E-state index is -0.371. The molecule has 1 heterocycles. The van der Waals surface area contributed by atoms with Crippen LogP contribution in [0.2, 0.25) is 10.3 Å². The van der Waals surface area contributed by atoms with Gasteiger partial charge in [0.1, 0.15) is 12.4 Å². The Morgan fingerprint density at radius 2 is 2.10 bits per heavy atom. The molecule has 7 heteroatoms. The van der Waals surface area contributed by atoms with Gasteiger partial charge in [0.2, 0.25) is 0 Å². The summed E-state index contributed by atoms with van der Waals surface area (Å²) in [7, 11) is 0. The lowest BCUT2D eigenvalue weighted by atomic mass is 10.2. The summed E-state index contributed by atoms with van der Waals surface area (Å²) < 4.78 is 5.53. The lowest BCUT2D eigenvalue weighted by Gasteiger charge is -2.08. The Bertz CT molecular complexity index is 650. The van der Waals surface area contributed by atoms with Gasteiger partial charge in [-0.3, -0.25) is 4.79 Å². The standard InChI is InChI=1S/C14H13Cl2N3O2/c1-9-3-2-4-10(7-9)21-6-5-17-14(20)11-8-12(15)18-19-13(11)16/h2-4,7-8H,5-6H2,1H3,(H,17,20). The van der Waals surface area contributed by atoms with Crippen LogP contribution < -0.4 is 10.1 Å². The maximum absolute atomic E-state index is 11.9. The van der Waals surface area contributed by atoms with E-state index < -0.39 is 0 Å². The zero-order chi connectivity index (χ0) is 15.2. The number of hydrogen-bond donors (Lipinski definition) is 1. The lowest BCUT2D eigenvalue weighted by molar-refractivity contribution is 0.0946. The van der Waals surface area contributed by atoms with Gasteiger partial charge in [-0.2, -0.15) is 0 Å². The zero-order valence-corrected chi connectivity index (χ0v) is 12.8. The molecule has 1 amide bonds. The number of aromatic nitrogens is 2. The van der Waals surface area contributed by atoms with E-state index in [1.54, 1.807) is 0 Å². The van der Waals surface area contributed by atoms with Gasteiger partial charge in [0.15, 0.2) is 10.3 Å². The summed E-state index contributed by atoms with van der Waals surface area (Å²) in [6, 6.07) is 9.04. The number of halogens is 2. The molecule has 0 aliphatic rings. The molecule has 21 heavy (non-hydrogen) atoms. The minimum absolute atomic E-state index is 0.0107. The minimum Gasteiger partial charge on any atom is -0.492 e. The molecule has 0 aliphatic heterocycles. The molecule has 0 atom stereocenters. The van der Waals surface area contributed by atoms with Crippen molar-refractivity contribution in [3.05, 3.63) is 51.8 Å². The zero-order valence-electron chi connectivity index (χ0n) is 11.3. The van der Waals surface area contributed by atoms with Crippen LogP contribution in [-0.4, -0.2) is 29.3 Å². The van der Waals surface area contributed by atoms with Crippen LogP contribution in [0.1, 0.15) is 15.9 Å². The first-order valence-corrected chi connectivity index (χ1v) is 6.98. The van der Waals surface area contributed by atoms with Gasteiger partial charge in [0.05, 0.1) is 12.1 Å². The fourth-order valence-electron chi connectivity index (χ4n) is 1.65. The van der Waals surface area contributed by atoms with Crippen LogP contribution in [0.5, 0.6) is 5.75 Å². The van der Waals surface area contributed by atoms with E-state index in [-0.39, 0.29) is 21.8 Å². The second kappa shape index (κ2) is 7.24. The first kappa shape index (κ1) is 15.5. The number of nitrogens with zero attached hydrogens (tertiary/aromatic N) is 2. The molecule has 0 spiro atoms. The Labute approximate surface area is 132 Å². The molecule has 5 nitrogen and oxygen atoms in total. The van der Waals surface area contributed by atoms with Gasteiger partial charge in [0.25, 0.3) is 5.91 Å². The maximum Gasteiger partial charge on any atom is 0.254 e. The second-order valence-corrected chi connectivity index (χ2v) is 5.04. The highest BCUT2D eigenvalue weighted by Gasteiger charge is 2.12. The summed E-state index contributed by atoms with van der Waals surface area (Å²) >= 11 is 11.5. The van der Waals surface area contributed by atoms with Gasteiger partial charge in [0, 0.05) is 0 Å². The van der Waals surface area contributed by atoms with E-state index in [9.17, 15) is 4.79 Å². The third kappa shape index (κ3) is 4.58. The van der Waals surface area contributed by atoms with Gasteiger partial charge in [-0.25, -0.2) is 0 Å². The van der Waals surface area contributed by atoms with E-state index >= 15 is 0 Å². The number of amides is 1. The summed E-state index contributed by atoms with van der Waals surface area (Å²) in [6.07, 6.45) is 0. The third-order valence-electron chi connectivity index (χ3n) is 2.61. The molecule has 2 rings (SSSR count). The van der Waals surface area contributed by atoms with Crippen molar-refractivity contribution in [1.82, 2.24) is 15.5 Å². The van der Waals surface area contributed by atoms with Crippen molar-refractivity contribution in [1.29, 1.82) is 0 Å². The lowest BCUT2D eigenvalue weighted by Crippen LogP contribution is -2.28. The predicted octanol–water partition coefficient (Wildman–Crippen LogP) is 2.90. The quantitative estimate of drug-likeness (QED) is 0.858. The Balaban J connectivity index is 1.83. The number of benzene rings is 1. The van der Waals surface area contributed by atoms with E-state index in [1.807, 2.05) is 31.2 Å². The smallest absolute Gasteiger partial charge is 0.254 e. The summed E-state index contributed by atoms with van der Waals surface area (Å²) in [6.45, 7) is 2.67. The number of rotatable bonds is 5. The van der Waals surface area contributed by atoms with E-state index in [0.29, 0.717) is 13.2 Å². The molecule has 0 radical (unpaired) electrons. The number of hydrogen-bond acceptors (Lipinski definition) is 4. The Morgan fingerprint density at radius 3 is 2.86 bits per heavy atom. The fourth-order valence-corrected chi connectivity index (χ4v) is 1.97. The van der Waals surface area contributed by atoms with Gasteiger partial charge in [-0.05, 0) is 30.7 Å². The normalized spacial score (nSPS) is 10.2. The van der Waals surface area contributed by atoms with Crippen LogP contribution in [0.15, 0.2) is 30.3 Å². The van der Waals surface area contributed by atoms with Crippen molar-refractivity contribution in [3.63, 3.8) is 0 Å². The first-order valence-electron chi connectivity index (χ1n) is 6.22. The Kier molecular flexibility index (Phi) is 5.36. The summed E-state index contributed by atoms with van der Waals surface area (Å²) in [4.78, 5) is 11.9. The van der Waals surface area contributed by atoms with Crippen molar-refractivity contribution in [2.45, 2.75) is 6.92 Å². The van der Waals surface area contributed by atoms with E-state index in [4.69, 9.17) is 27.9 Å². The van der Waals surface area contributed by atoms with Crippen LogP contribution in [0.25, 0.3) is 0 Å². The van der Waals surface area contributed by atoms with E-state index in [1.165, 1.54) is 6.07 Å². The number of carbonyl (C=O) groups is 1. The van der Waals surface area contributed by atoms with Gasteiger partial charge >= 0.3 is 0 Å². The maximum atomic E-state index is 11.9. The van der Waals surface area contributed by atoms with Crippen LogP contribution in [0.3, 0.4) is 0 Å². The number of carbonyl (C=O) groups excluding carboxylic acids is 1. The van der Waals surface area contributed by atoms with Crippen molar-refractivity contribution >= 4 is 29.1 Å². The average Bonchev–Trinajstić information content (AvgIpc) is 2.46. The topological polar surface area (TPSA) is 64.1 Å². The molecule has 0 aliphatic carbocycles. The molecule has 1 aromatic carbocycles. The number of aryl methyl sites for hydroxylation is 1. The molecule has 1 aromatic heterocycles. The molecule has 0 unspecified atom stereocenters. The molecule has 2 aromatic rings. The fraction of sp³-hybridized carbons (Fsp3) is 0.214. The van der Waals surface area contributed by atoms with Crippen molar-refractivity contribution < 1.29 is 9.53 Å². The molecular formula is C14H13Cl2N3O2. The molecule has 0 bridgehead atoms. The monoisotopic (exact) mass is 325 g/mol. The molecule has 110 valence electrons. The Morgan fingerprint density at radius 1 is 1.29 bits per heavy atom. The van der Waals surface area contributed by atoms with Crippen LogP contribution in [-0.2, 0) is 0 Å². The van der Waals surface area contributed by atoms with Gasteiger partial charge in [-0.1, -0.05) is 35.3 Å². The predicted molar refractivity (Wildman–Crippen MR) is 81.1 cm³/mol. The van der Waals surface area contributed by atoms with Crippen LogP contribution in [0.4, 0.5) is 0 Å². The van der Waals surface area contributed by atoms with Crippen LogP contribution in [0, 0.1) is 6.92 Å². The van der Waals surface area contributed by atoms with Gasteiger partial charge in [-0.15, -0.1) is 10.2 Å². The average molecular weight is 326 g/mol. The van der Waals surface area contributed by atoms with E-state index in [0.717, 1.165) is 11.3 Å². The summed E-state index contributed by atoms with van der Waals surface area (Å²) in [5, 5.41) is 9.92. The molecular weight excluding hydrogens is 313 g/mol. The van der Waals surface area contributed by atoms with Crippen molar-refractivity contribution in [2.75, 3.05) is 13.2 Å². The molecule has 1 N–H and O–H groups in total. The second-order valence-electron chi connectivity index (χ2n) is 4.29. The number of nitrogens with one attached hydrogen (secondary N) is 1. The number of ether oxygens (including phenoxy) is 1. The highest BCUT2D eigenvalue weighted by atomic mass is 35.5. The van der Waals surface area contributed by atoms with E-state index in [2.05, 4.69) is 15.5 Å². The first-order chi connectivity index (χ1) is 10.1. The van der Waals surface area contributed by atoms with Gasteiger partial charge < -0.3 is 10.1 Å². The highest BCUT2D eigenvalue weighted by Crippen LogP contribution is 2.15. The SMILES string of the molecule is Cc1cccc(OCCNC(=O)c2cc(Cl)nnc2Cl)c1. The molecule has 0 saturated heterocycles. The summed E-state index contributed by atoms with van der Waals surface area (Å²) in [5.41, 5.74) is 1.30. The van der Waals surface area contributed by atoms with Crippen LogP contribution >= 0.6 is 23.2 Å². The molecule has 0 saturated carbocycles. The third-order valence-corrected chi connectivity index (χ3v) is 3.07. The highest BCUT2D eigenvalue weighted by molar-refractivity contribution is 6.34. The summed E-state index contributed by atoms with van der Waals surface area (Å²) in [5.74, 6) is 0.389. The van der Waals surface area contributed by atoms with Crippen molar-refractivity contribution in [3.8, 4) is 5.75 Å². The largest absolute Gasteiger partial charge is 0.492 e. The van der Waals surface area contributed by atoms with Crippen molar-refractivity contribution in [2.24, 2.45) is 0 Å². The Hall–Kier alpha value is -1.85. The molecule has 0 fully saturated rings.